The Kier molecular flexibility index (Phi) is 5.44. The topological polar surface area (TPSA) is 90.9 Å². The molecule has 2 aromatic carbocycles. The van der Waals surface area contributed by atoms with E-state index < -0.39 is 0 Å². The fourth-order valence-electron chi connectivity index (χ4n) is 3.27. The molecular weight excluding hydrogens is 422 g/mol. The van der Waals surface area contributed by atoms with Crippen molar-refractivity contribution in [3.05, 3.63) is 64.9 Å². The number of rotatable bonds is 5. The van der Waals surface area contributed by atoms with Crippen LogP contribution in [0.15, 0.2) is 65.1 Å². The molecular formula is C20H16ClN7OS. The Bertz CT molecular complexity index is 1150. The molecule has 0 saturated carbocycles. The summed E-state index contributed by atoms with van der Waals surface area (Å²) in [6.07, 6.45) is 0. The van der Waals surface area contributed by atoms with Gasteiger partial charge in [-0.05, 0) is 46.8 Å². The molecule has 0 N–H and O–H groups in total. The first-order chi connectivity index (χ1) is 14.5. The molecule has 0 aliphatic carbocycles. The Morgan fingerprint density at radius 2 is 1.73 bits per heavy atom. The van der Waals surface area contributed by atoms with Crippen molar-refractivity contribution < 1.29 is 4.79 Å². The van der Waals surface area contributed by atoms with Gasteiger partial charge in [-0.3, -0.25) is 4.79 Å². The van der Waals surface area contributed by atoms with Crippen LogP contribution in [0.3, 0.4) is 0 Å². The van der Waals surface area contributed by atoms with Crippen molar-refractivity contribution in [3.8, 4) is 11.8 Å². The molecule has 1 aliphatic heterocycles. The molecule has 0 fully saturated rings. The van der Waals surface area contributed by atoms with E-state index in [1.165, 1.54) is 16.4 Å². The lowest BCUT2D eigenvalue weighted by Gasteiger charge is -2.19. The average Bonchev–Trinajstić information content (AvgIpc) is 3.32. The molecule has 2 heterocycles. The number of hydrogen-bond donors (Lipinski definition) is 0. The summed E-state index contributed by atoms with van der Waals surface area (Å²) in [6.45, 7) is 0. The number of allylic oxidation sites excluding steroid dienone is 1. The number of para-hydroxylation sites is 2. The smallest absolute Gasteiger partial charge is 0.214 e. The van der Waals surface area contributed by atoms with Gasteiger partial charge in [-0.25, -0.2) is 0 Å². The summed E-state index contributed by atoms with van der Waals surface area (Å²) in [6, 6.07) is 16.9. The number of benzene rings is 2. The van der Waals surface area contributed by atoms with Crippen LogP contribution in [-0.4, -0.2) is 45.8 Å². The second kappa shape index (κ2) is 8.18. The van der Waals surface area contributed by atoms with E-state index in [-0.39, 0.29) is 17.1 Å². The fraction of sp³-hybridized carbons (Fsp3) is 0.150. The molecule has 8 nitrogen and oxygen atoms in total. The molecule has 0 unspecified atom stereocenters. The highest BCUT2D eigenvalue weighted by Crippen LogP contribution is 2.40. The third-order valence-electron chi connectivity index (χ3n) is 4.70. The van der Waals surface area contributed by atoms with E-state index in [2.05, 4.69) is 21.6 Å². The maximum Gasteiger partial charge on any atom is 0.214 e. The van der Waals surface area contributed by atoms with E-state index in [4.69, 9.17) is 11.6 Å². The molecule has 0 amide bonds. The number of carbonyl (C=O) groups is 1. The fourth-order valence-corrected chi connectivity index (χ4v) is 4.16. The lowest BCUT2D eigenvalue weighted by atomic mass is 10.2. The van der Waals surface area contributed by atoms with Crippen LogP contribution in [0.4, 0.5) is 11.4 Å². The normalized spacial score (nSPS) is 12.7. The van der Waals surface area contributed by atoms with Crippen LogP contribution < -0.4 is 9.80 Å². The molecule has 0 atom stereocenters. The summed E-state index contributed by atoms with van der Waals surface area (Å²) in [4.78, 5) is 16.7. The summed E-state index contributed by atoms with van der Waals surface area (Å²) in [5, 5.41) is 22.5. The minimum absolute atomic E-state index is 0.0262. The van der Waals surface area contributed by atoms with Gasteiger partial charge in [0.15, 0.2) is 5.78 Å². The van der Waals surface area contributed by atoms with Gasteiger partial charge in [-0.2, -0.15) is 9.94 Å². The molecule has 150 valence electrons. The third kappa shape index (κ3) is 3.51. The Morgan fingerprint density at radius 1 is 1.10 bits per heavy atom. The van der Waals surface area contributed by atoms with E-state index in [1.54, 1.807) is 24.3 Å². The number of tetrazole rings is 1. The number of nitrogens with zero attached hydrogens (tertiary/aromatic N) is 7. The Morgan fingerprint density at radius 3 is 2.33 bits per heavy atom. The van der Waals surface area contributed by atoms with Crippen LogP contribution in [0.2, 0.25) is 5.02 Å². The maximum absolute atomic E-state index is 12.9. The zero-order valence-electron chi connectivity index (χ0n) is 16.2. The number of nitriles is 1. The lowest BCUT2D eigenvalue weighted by Crippen LogP contribution is -2.26. The number of fused-ring (bicyclic) bond motifs is 1. The molecule has 0 spiro atoms. The second-order valence-electron chi connectivity index (χ2n) is 6.48. The largest absolute Gasteiger partial charge is 0.328 e. The number of thioether (sulfide) groups is 1. The minimum Gasteiger partial charge on any atom is -0.328 e. The van der Waals surface area contributed by atoms with Gasteiger partial charge in [0.1, 0.15) is 17.5 Å². The summed E-state index contributed by atoms with van der Waals surface area (Å²) in [5.74, 6) is 0.287. The molecule has 0 bridgehead atoms. The summed E-state index contributed by atoms with van der Waals surface area (Å²) in [5.41, 5.74) is 2.70. The summed E-state index contributed by atoms with van der Waals surface area (Å²) in [7, 11) is 3.69. The van der Waals surface area contributed by atoms with E-state index in [0.29, 0.717) is 16.0 Å². The molecule has 30 heavy (non-hydrogen) atoms. The minimum atomic E-state index is -0.297. The van der Waals surface area contributed by atoms with E-state index in [1.807, 2.05) is 48.2 Å². The standard InChI is InChI=1S/C20H16ClN7OS/c1-26-16-5-3-4-6-17(16)27(2)19(26)15(11-22)18(29)12-30-20-23-24-25-28(20)14-9-7-13(21)8-10-14/h3-10H,12H2,1-2H3. The van der Waals surface area contributed by atoms with Crippen molar-refractivity contribution in [1.29, 1.82) is 5.26 Å². The van der Waals surface area contributed by atoms with Gasteiger partial charge in [-0.15, -0.1) is 5.10 Å². The monoisotopic (exact) mass is 437 g/mol. The van der Waals surface area contributed by atoms with Crippen molar-refractivity contribution in [2.45, 2.75) is 5.16 Å². The Hall–Kier alpha value is -3.35. The Balaban J connectivity index is 1.57. The number of Topliss-reactive ketones (excluding diaryl/α,β-unsaturated/α-hetero) is 1. The molecule has 1 aliphatic rings. The van der Waals surface area contributed by atoms with Crippen LogP contribution in [0.1, 0.15) is 0 Å². The summed E-state index contributed by atoms with van der Waals surface area (Å²) < 4.78 is 1.52. The van der Waals surface area contributed by atoms with Gasteiger partial charge < -0.3 is 9.80 Å². The number of ketones is 1. The van der Waals surface area contributed by atoms with Gasteiger partial charge in [0.2, 0.25) is 5.16 Å². The van der Waals surface area contributed by atoms with Gasteiger partial charge in [0.25, 0.3) is 0 Å². The van der Waals surface area contributed by atoms with E-state index in [9.17, 15) is 10.1 Å². The van der Waals surface area contributed by atoms with Crippen LogP contribution in [0, 0.1) is 11.3 Å². The molecule has 0 saturated heterocycles. The lowest BCUT2D eigenvalue weighted by molar-refractivity contribution is -0.112. The van der Waals surface area contributed by atoms with Gasteiger partial charge in [0.05, 0.1) is 22.8 Å². The quantitative estimate of drug-likeness (QED) is 0.341. The Labute approximate surface area is 182 Å². The van der Waals surface area contributed by atoms with Crippen molar-refractivity contribution in [1.82, 2.24) is 20.2 Å². The second-order valence-corrected chi connectivity index (χ2v) is 7.86. The number of aromatic nitrogens is 4. The first kappa shape index (κ1) is 19.9. The van der Waals surface area contributed by atoms with Gasteiger partial charge in [0, 0.05) is 19.1 Å². The van der Waals surface area contributed by atoms with Crippen molar-refractivity contribution in [2.75, 3.05) is 29.6 Å². The zero-order valence-corrected chi connectivity index (χ0v) is 17.7. The van der Waals surface area contributed by atoms with Crippen LogP contribution in [0.5, 0.6) is 0 Å². The molecule has 10 heteroatoms. The first-order valence-electron chi connectivity index (χ1n) is 8.92. The SMILES string of the molecule is CN1C(=C(C#N)C(=O)CSc2nnnn2-c2ccc(Cl)cc2)N(C)c2ccccc21. The molecule has 3 aromatic rings. The number of hydrogen-bond acceptors (Lipinski definition) is 8. The number of anilines is 2. The predicted molar refractivity (Wildman–Crippen MR) is 116 cm³/mol. The molecule has 1 aromatic heterocycles. The van der Waals surface area contributed by atoms with Crippen molar-refractivity contribution in [2.24, 2.45) is 0 Å². The van der Waals surface area contributed by atoms with Crippen molar-refractivity contribution in [3.63, 3.8) is 0 Å². The van der Waals surface area contributed by atoms with Crippen LogP contribution >= 0.6 is 23.4 Å². The predicted octanol–water partition coefficient (Wildman–Crippen LogP) is 3.30. The van der Waals surface area contributed by atoms with Gasteiger partial charge in [-0.1, -0.05) is 35.5 Å². The van der Waals surface area contributed by atoms with Crippen LogP contribution in [-0.2, 0) is 4.79 Å². The van der Waals surface area contributed by atoms with Crippen LogP contribution in [0.25, 0.3) is 5.69 Å². The van der Waals surface area contributed by atoms with Gasteiger partial charge >= 0.3 is 0 Å². The average molecular weight is 438 g/mol. The summed E-state index contributed by atoms with van der Waals surface area (Å²) >= 11 is 7.10. The number of halogens is 1. The third-order valence-corrected chi connectivity index (χ3v) is 5.87. The molecule has 0 radical (unpaired) electrons. The highest BCUT2D eigenvalue weighted by atomic mass is 35.5. The van der Waals surface area contributed by atoms with E-state index in [0.717, 1.165) is 17.1 Å². The number of carbonyl (C=O) groups excluding carboxylic acids is 1. The highest BCUT2D eigenvalue weighted by molar-refractivity contribution is 7.99. The van der Waals surface area contributed by atoms with E-state index >= 15 is 0 Å². The molecule has 4 rings (SSSR count). The van der Waals surface area contributed by atoms with Crippen molar-refractivity contribution >= 4 is 40.5 Å². The first-order valence-corrected chi connectivity index (χ1v) is 10.3. The maximum atomic E-state index is 12.9. The highest BCUT2D eigenvalue weighted by Gasteiger charge is 2.31. The zero-order chi connectivity index (χ0) is 21.3.